The van der Waals surface area contributed by atoms with Crippen LogP contribution in [0.3, 0.4) is 0 Å². The summed E-state index contributed by atoms with van der Waals surface area (Å²) in [5.41, 5.74) is 0.772. The highest BCUT2D eigenvalue weighted by Gasteiger charge is 2.18. The van der Waals surface area contributed by atoms with Crippen LogP contribution in [0.1, 0.15) is 10.4 Å². The molecule has 0 N–H and O–H groups in total. The average Bonchev–Trinajstić information content (AvgIpc) is 2.45. The van der Waals surface area contributed by atoms with Gasteiger partial charge in [-0.05, 0) is 0 Å². The number of pyridine rings is 1. The number of carbonyl (C=O) groups is 1. The van der Waals surface area contributed by atoms with Crippen molar-refractivity contribution >= 4 is 28.5 Å². The van der Waals surface area contributed by atoms with E-state index in [0.29, 0.717) is 22.4 Å². The lowest BCUT2D eigenvalue weighted by atomic mass is 10.1. The predicted octanol–water partition coefficient (Wildman–Crippen LogP) is 2.69. The standard InChI is InChI=1S/C13H12ClNO4/c1-17-7-4-9-11(10(5-7)18-2)12(14)8(6-15-9)13(16)19-3/h4-6H,1-3H3. The van der Waals surface area contributed by atoms with Gasteiger partial charge in [-0.3, -0.25) is 4.98 Å². The number of hydrogen-bond acceptors (Lipinski definition) is 5. The van der Waals surface area contributed by atoms with E-state index in [1.54, 1.807) is 19.2 Å². The lowest BCUT2D eigenvalue weighted by Crippen LogP contribution is -2.04. The van der Waals surface area contributed by atoms with E-state index in [0.717, 1.165) is 0 Å². The molecule has 100 valence electrons. The van der Waals surface area contributed by atoms with Crippen molar-refractivity contribution in [3.63, 3.8) is 0 Å². The third-order valence-corrected chi connectivity index (χ3v) is 3.10. The van der Waals surface area contributed by atoms with Crippen molar-refractivity contribution in [2.75, 3.05) is 21.3 Å². The molecule has 0 aliphatic heterocycles. The van der Waals surface area contributed by atoms with Gasteiger partial charge in [0.05, 0.1) is 42.8 Å². The maximum atomic E-state index is 11.6. The molecule has 1 heterocycles. The van der Waals surface area contributed by atoms with Crippen molar-refractivity contribution in [1.82, 2.24) is 4.98 Å². The zero-order valence-electron chi connectivity index (χ0n) is 10.7. The molecule has 6 heteroatoms. The molecular formula is C13H12ClNO4. The SMILES string of the molecule is COC(=O)c1cnc2cc(OC)cc(OC)c2c1Cl. The van der Waals surface area contributed by atoms with Gasteiger partial charge < -0.3 is 14.2 Å². The Kier molecular flexibility index (Phi) is 3.76. The summed E-state index contributed by atoms with van der Waals surface area (Å²) >= 11 is 6.23. The number of hydrogen-bond donors (Lipinski definition) is 0. The second-order valence-corrected chi connectivity index (χ2v) is 4.08. The summed E-state index contributed by atoms with van der Waals surface area (Å²) in [6.07, 6.45) is 1.37. The fourth-order valence-corrected chi connectivity index (χ4v) is 2.07. The van der Waals surface area contributed by atoms with E-state index in [-0.39, 0.29) is 10.6 Å². The van der Waals surface area contributed by atoms with Crippen molar-refractivity contribution in [3.8, 4) is 11.5 Å². The molecule has 1 aromatic heterocycles. The van der Waals surface area contributed by atoms with E-state index >= 15 is 0 Å². The zero-order chi connectivity index (χ0) is 14.0. The number of nitrogens with zero attached hydrogens (tertiary/aromatic N) is 1. The summed E-state index contributed by atoms with van der Waals surface area (Å²) in [5, 5.41) is 0.796. The first-order chi connectivity index (χ1) is 9.12. The molecule has 19 heavy (non-hydrogen) atoms. The molecular weight excluding hydrogens is 270 g/mol. The largest absolute Gasteiger partial charge is 0.497 e. The van der Waals surface area contributed by atoms with Gasteiger partial charge in [0.15, 0.2) is 0 Å². The Bertz CT molecular complexity index is 642. The Morgan fingerprint density at radius 2 is 1.95 bits per heavy atom. The van der Waals surface area contributed by atoms with Crippen molar-refractivity contribution in [2.24, 2.45) is 0 Å². The maximum absolute atomic E-state index is 11.6. The van der Waals surface area contributed by atoms with Crippen LogP contribution in [0.25, 0.3) is 10.9 Å². The van der Waals surface area contributed by atoms with Crippen LogP contribution < -0.4 is 9.47 Å². The Hall–Kier alpha value is -2.01. The van der Waals surface area contributed by atoms with E-state index in [1.807, 2.05) is 0 Å². The number of fused-ring (bicyclic) bond motifs is 1. The number of methoxy groups -OCH3 is 3. The molecule has 2 aromatic rings. The number of benzene rings is 1. The van der Waals surface area contributed by atoms with E-state index < -0.39 is 5.97 Å². The molecule has 0 aliphatic rings. The maximum Gasteiger partial charge on any atom is 0.340 e. The molecule has 0 fully saturated rings. The van der Waals surface area contributed by atoms with Gasteiger partial charge in [-0.2, -0.15) is 0 Å². The lowest BCUT2D eigenvalue weighted by molar-refractivity contribution is 0.0600. The minimum atomic E-state index is -0.544. The zero-order valence-corrected chi connectivity index (χ0v) is 11.4. The van der Waals surface area contributed by atoms with Gasteiger partial charge in [-0.15, -0.1) is 0 Å². The highest BCUT2D eigenvalue weighted by molar-refractivity contribution is 6.38. The second kappa shape index (κ2) is 5.32. The van der Waals surface area contributed by atoms with E-state index in [4.69, 9.17) is 21.1 Å². The van der Waals surface area contributed by atoms with Crippen LogP contribution in [-0.2, 0) is 4.74 Å². The molecule has 0 bridgehead atoms. The van der Waals surface area contributed by atoms with Crippen LogP contribution in [-0.4, -0.2) is 32.3 Å². The quantitative estimate of drug-likeness (QED) is 0.810. The molecule has 0 aliphatic carbocycles. The lowest BCUT2D eigenvalue weighted by Gasteiger charge is -2.11. The highest BCUT2D eigenvalue weighted by Crippen LogP contribution is 2.36. The van der Waals surface area contributed by atoms with Crippen LogP contribution in [0, 0.1) is 0 Å². The van der Waals surface area contributed by atoms with Gasteiger partial charge in [-0.1, -0.05) is 11.6 Å². The third-order valence-electron chi connectivity index (χ3n) is 2.70. The topological polar surface area (TPSA) is 57.7 Å². The number of rotatable bonds is 3. The van der Waals surface area contributed by atoms with Gasteiger partial charge >= 0.3 is 5.97 Å². The van der Waals surface area contributed by atoms with Crippen LogP contribution in [0.5, 0.6) is 11.5 Å². The van der Waals surface area contributed by atoms with Crippen LogP contribution in [0.2, 0.25) is 5.02 Å². The molecule has 2 rings (SSSR count). The number of esters is 1. The smallest absolute Gasteiger partial charge is 0.340 e. The van der Waals surface area contributed by atoms with Crippen molar-refractivity contribution in [3.05, 3.63) is 28.9 Å². The Labute approximate surface area is 115 Å². The van der Waals surface area contributed by atoms with Crippen LogP contribution in [0.15, 0.2) is 18.3 Å². The van der Waals surface area contributed by atoms with Crippen LogP contribution >= 0.6 is 11.6 Å². The molecule has 0 spiro atoms. The van der Waals surface area contributed by atoms with E-state index in [2.05, 4.69) is 9.72 Å². The summed E-state index contributed by atoms with van der Waals surface area (Å²) in [6, 6.07) is 3.39. The summed E-state index contributed by atoms with van der Waals surface area (Å²) in [5.74, 6) is 0.536. The summed E-state index contributed by atoms with van der Waals surface area (Å²) < 4.78 is 15.1. The fourth-order valence-electron chi connectivity index (χ4n) is 1.76. The van der Waals surface area contributed by atoms with Crippen LogP contribution in [0.4, 0.5) is 0 Å². The fraction of sp³-hybridized carbons (Fsp3) is 0.231. The number of halogens is 1. The molecule has 0 saturated carbocycles. The minimum absolute atomic E-state index is 0.195. The van der Waals surface area contributed by atoms with Gasteiger partial charge in [0.2, 0.25) is 0 Å². The monoisotopic (exact) mass is 281 g/mol. The first-order valence-electron chi connectivity index (χ1n) is 5.41. The summed E-state index contributed by atoms with van der Waals surface area (Å²) in [7, 11) is 4.34. The molecule has 0 saturated heterocycles. The Morgan fingerprint density at radius 1 is 1.21 bits per heavy atom. The van der Waals surface area contributed by atoms with Crippen molar-refractivity contribution in [1.29, 1.82) is 0 Å². The molecule has 5 nitrogen and oxygen atoms in total. The van der Waals surface area contributed by atoms with Gasteiger partial charge in [0, 0.05) is 18.3 Å². The van der Waals surface area contributed by atoms with Gasteiger partial charge in [0.1, 0.15) is 11.5 Å². The molecule has 0 amide bonds. The summed E-state index contributed by atoms with van der Waals surface area (Å²) in [6.45, 7) is 0. The summed E-state index contributed by atoms with van der Waals surface area (Å²) in [4.78, 5) is 15.8. The second-order valence-electron chi connectivity index (χ2n) is 3.70. The Morgan fingerprint density at radius 3 is 2.53 bits per heavy atom. The van der Waals surface area contributed by atoms with Gasteiger partial charge in [-0.25, -0.2) is 4.79 Å². The molecule has 0 unspecified atom stereocenters. The molecule has 1 aromatic carbocycles. The molecule has 0 atom stereocenters. The normalized spacial score (nSPS) is 10.3. The average molecular weight is 282 g/mol. The molecule has 0 radical (unpaired) electrons. The van der Waals surface area contributed by atoms with Gasteiger partial charge in [0.25, 0.3) is 0 Å². The highest BCUT2D eigenvalue weighted by atomic mass is 35.5. The van der Waals surface area contributed by atoms with Crippen molar-refractivity contribution < 1.29 is 19.0 Å². The number of carbonyl (C=O) groups excluding carboxylic acids is 1. The Balaban J connectivity index is 2.77. The van der Waals surface area contributed by atoms with Crippen molar-refractivity contribution in [2.45, 2.75) is 0 Å². The minimum Gasteiger partial charge on any atom is -0.497 e. The van der Waals surface area contributed by atoms with E-state index in [1.165, 1.54) is 20.4 Å². The van der Waals surface area contributed by atoms with E-state index in [9.17, 15) is 4.79 Å². The first kappa shape index (κ1) is 13.4. The third kappa shape index (κ3) is 2.29. The number of aromatic nitrogens is 1. The predicted molar refractivity (Wildman–Crippen MR) is 71.2 cm³/mol. The first-order valence-corrected chi connectivity index (χ1v) is 5.78. The number of ether oxygens (including phenoxy) is 3.